The molecular weight excluding hydrogens is 208 g/mol. The van der Waals surface area contributed by atoms with E-state index in [1.807, 2.05) is 0 Å². The van der Waals surface area contributed by atoms with Crippen LogP contribution in [-0.4, -0.2) is 18.6 Å². The quantitative estimate of drug-likeness (QED) is 0.864. The highest BCUT2D eigenvalue weighted by molar-refractivity contribution is 5.55. The van der Waals surface area contributed by atoms with Crippen LogP contribution in [0.1, 0.15) is 31.7 Å². The molecule has 2 aliphatic rings. The van der Waals surface area contributed by atoms with Crippen LogP contribution in [0, 0.1) is 5.92 Å². The Hall–Kier alpha value is -1.02. The van der Waals surface area contributed by atoms with Crippen LogP contribution in [0.15, 0.2) is 24.3 Å². The van der Waals surface area contributed by atoms with Crippen LogP contribution in [0.25, 0.3) is 0 Å². The molecule has 2 unspecified atom stereocenters. The third kappa shape index (κ3) is 2.06. The predicted octanol–water partition coefficient (Wildman–Crippen LogP) is 2.57. The lowest BCUT2D eigenvalue weighted by Crippen LogP contribution is -2.35. The van der Waals surface area contributed by atoms with Crippen molar-refractivity contribution in [3.8, 4) is 0 Å². The Kier molecular flexibility index (Phi) is 2.62. The Balaban J connectivity index is 1.69. The van der Waals surface area contributed by atoms with Gasteiger partial charge in [0, 0.05) is 24.3 Å². The van der Waals surface area contributed by atoms with E-state index in [0.717, 1.165) is 18.9 Å². The van der Waals surface area contributed by atoms with Crippen LogP contribution in [0.5, 0.6) is 0 Å². The van der Waals surface area contributed by atoms with Crippen molar-refractivity contribution in [2.24, 2.45) is 11.7 Å². The summed E-state index contributed by atoms with van der Waals surface area (Å²) in [6, 6.07) is 8.82. The van der Waals surface area contributed by atoms with Gasteiger partial charge in [-0.2, -0.15) is 0 Å². The predicted molar refractivity (Wildman–Crippen MR) is 72.3 cm³/mol. The van der Waals surface area contributed by atoms with Crippen molar-refractivity contribution >= 4 is 5.69 Å². The fraction of sp³-hybridized carbons (Fsp3) is 0.600. The number of hydrogen-bond donors (Lipinski definition) is 1. The zero-order valence-electron chi connectivity index (χ0n) is 10.7. The van der Waals surface area contributed by atoms with Crippen molar-refractivity contribution in [2.45, 2.75) is 38.1 Å². The molecule has 1 aliphatic carbocycles. The van der Waals surface area contributed by atoms with Gasteiger partial charge >= 0.3 is 0 Å². The first kappa shape index (κ1) is 11.1. The summed E-state index contributed by atoms with van der Waals surface area (Å²) in [7, 11) is 0. The maximum atomic E-state index is 6.30. The summed E-state index contributed by atoms with van der Waals surface area (Å²) in [5.41, 5.74) is 9.39. The first-order valence-electron chi connectivity index (χ1n) is 6.81. The van der Waals surface area contributed by atoms with Gasteiger partial charge in [0.2, 0.25) is 0 Å². The highest BCUT2D eigenvalue weighted by atomic mass is 15.1. The number of benzene rings is 1. The molecule has 2 nitrogen and oxygen atoms in total. The number of rotatable bonds is 3. The SMILES string of the molecule is CC1CC1(N)CCN1CCCc2ccccc21. The number of nitrogens with two attached hydrogens (primary N) is 1. The lowest BCUT2D eigenvalue weighted by atomic mass is 10.0. The molecule has 17 heavy (non-hydrogen) atoms. The summed E-state index contributed by atoms with van der Waals surface area (Å²) in [6.07, 6.45) is 4.87. The minimum absolute atomic E-state index is 0.145. The molecule has 1 fully saturated rings. The number of fused-ring (bicyclic) bond motifs is 1. The van der Waals surface area contributed by atoms with Gasteiger partial charge in [-0.05, 0) is 43.2 Å². The molecule has 1 heterocycles. The number of aryl methyl sites for hydroxylation is 1. The Morgan fingerprint density at radius 3 is 2.94 bits per heavy atom. The lowest BCUT2D eigenvalue weighted by molar-refractivity contribution is 0.545. The molecule has 3 rings (SSSR count). The Bertz CT molecular complexity index is 415. The van der Waals surface area contributed by atoms with Crippen molar-refractivity contribution in [1.29, 1.82) is 0 Å². The average Bonchev–Trinajstić information content (AvgIpc) is 2.95. The summed E-state index contributed by atoms with van der Waals surface area (Å²) in [6.45, 7) is 4.59. The van der Waals surface area contributed by atoms with Crippen molar-refractivity contribution in [1.82, 2.24) is 0 Å². The molecule has 0 radical (unpaired) electrons. The van der Waals surface area contributed by atoms with Gasteiger partial charge in [-0.25, -0.2) is 0 Å². The lowest BCUT2D eigenvalue weighted by Gasteiger charge is -2.32. The van der Waals surface area contributed by atoms with Gasteiger partial charge in [0.05, 0.1) is 0 Å². The normalized spacial score (nSPS) is 31.2. The maximum absolute atomic E-state index is 6.30. The minimum atomic E-state index is 0.145. The molecule has 1 aliphatic heterocycles. The molecule has 0 bridgehead atoms. The van der Waals surface area contributed by atoms with E-state index in [9.17, 15) is 0 Å². The summed E-state index contributed by atoms with van der Waals surface area (Å²) in [4.78, 5) is 2.53. The first-order chi connectivity index (χ1) is 8.19. The Morgan fingerprint density at radius 2 is 2.18 bits per heavy atom. The minimum Gasteiger partial charge on any atom is -0.371 e. The third-order valence-electron chi connectivity index (χ3n) is 4.56. The molecule has 2 N–H and O–H groups in total. The highest BCUT2D eigenvalue weighted by Crippen LogP contribution is 2.43. The van der Waals surface area contributed by atoms with Crippen LogP contribution in [0.3, 0.4) is 0 Å². The van der Waals surface area contributed by atoms with Crippen molar-refractivity contribution < 1.29 is 0 Å². The van der Waals surface area contributed by atoms with Crippen LogP contribution in [-0.2, 0) is 6.42 Å². The fourth-order valence-electron chi connectivity index (χ4n) is 3.05. The second-order valence-corrected chi connectivity index (χ2v) is 5.81. The molecule has 1 aromatic carbocycles. The Morgan fingerprint density at radius 1 is 1.41 bits per heavy atom. The maximum Gasteiger partial charge on any atom is 0.0398 e. The number of nitrogens with zero attached hydrogens (tertiary/aromatic N) is 1. The Labute approximate surface area is 104 Å². The van der Waals surface area contributed by atoms with E-state index < -0.39 is 0 Å². The molecule has 1 aromatic rings. The zero-order valence-corrected chi connectivity index (χ0v) is 10.7. The van der Waals surface area contributed by atoms with Crippen molar-refractivity contribution in [2.75, 3.05) is 18.0 Å². The standard InChI is InChI=1S/C15H22N2/c1-12-11-15(12,16)8-10-17-9-4-6-13-5-2-3-7-14(13)17/h2-3,5,7,12H,4,6,8-11,16H2,1H3. The fourth-order valence-corrected chi connectivity index (χ4v) is 3.05. The summed E-state index contributed by atoms with van der Waals surface area (Å²) < 4.78 is 0. The van der Waals surface area contributed by atoms with Crippen LogP contribution < -0.4 is 10.6 Å². The largest absolute Gasteiger partial charge is 0.371 e. The summed E-state index contributed by atoms with van der Waals surface area (Å²) in [5.74, 6) is 0.725. The molecule has 2 atom stereocenters. The number of hydrogen-bond acceptors (Lipinski definition) is 2. The van der Waals surface area contributed by atoms with Gasteiger partial charge in [-0.1, -0.05) is 25.1 Å². The molecule has 0 spiro atoms. The van der Waals surface area contributed by atoms with Crippen LogP contribution >= 0.6 is 0 Å². The van der Waals surface area contributed by atoms with Gasteiger partial charge < -0.3 is 10.6 Å². The van der Waals surface area contributed by atoms with Gasteiger partial charge in [0.1, 0.15) is 0 Å². The van der Waals surface area contributed by atoms with E-state index in [2.05, 4.69) is 36.1 Å². The molecular formula is C15H22N2. The molecule has 92 valence electrons. The van der Waals surface area contributed by atoms with Gasteiger partial charge in [0.15, 0.2) is 0 Å². The van der Waals surface area contributed by atoms with Gasteiger partial charge in [-0.3, -0.25) is 0 Å². The number of anilines is 1. The van der Waals surface area contributed by atoms with Gasteiger partial charge in [0.25, 0.3) is 0 Å². The van der Waals surface area contributed by atoms with E-state index >= 15 is 0 Å². The third-order valence-corrected chi connectivity index (χ3v) is 4.56. The highest BCUT2D eigenvalue weighted by Gasteiger charge is 2.47. The zero-order chi connectivity index (χ0) is 11.9. The summed E-state index contributed by atoms with van der Waals surface area (Å²) in [5, 5.41) is 0. The monoisotopic (exact) mass is 230 g/mol. The van der Waals surface area contributed by atoms with E-state index in [4.69, 9.17) is 5.73 Å². The molecule has 0 aromatic heterocycles. The first-order valence-corrected chi connectivity index (χ1v) is 6.81. The van der Waals surface area contributed by atoms with E-state index in [-0.39, 0.29) is 5.54 Å². The van der Waals surface area contributed by atoms with Crippen molar-refractivity contribution in [3.05, 3.63) is 29.8 Å². The number of para-hydroxylation sites is 1. The molecule has 2 heteroatoms. The van der Waals surface area contributed by atoms with E-state index in [1.54, 1.807) is 0 Å². The second-order valence-electron chi connectivity index (χ2n) is 5.81. The summed E-state index contributed by atoms with van der Waals surface area (Å²) >= 11 is 0. The van der Waals surface area contributed by atoms with E-state index in [1.165, 1.54) is 37.1 Å². The molecule has 0 saturated heterocycles. The molecule has 1 saturated carbocycles. The van der Waals surface area contributed by atoms with Gasteiger partial charge in [-0.15, -0.1) is 0 Å². The van der Waals surface area contributed by atoms with Crippen LogP contribution in [0.2, 0.25) is 0 Å². The smallest absolute Gasteiger partial charge is 0.0398 e. The van der Waals surface area contributed by atoms with Crippen molar-refractivity contribution in [3.63, 3.8) is 0 Å². The van der Waals surface area contributed by atoms with Crippen LogP contribution in [0.4, 0.5) is 5.69 Å². The average molecular weight is 230 g/mol. The van der Waals surface area contributed by atoms with E-state index in [0.29, 0.717) is 0 Å². The molecule has 0 amide bonds. The topological polar surface area (TPSA) is 29.3 Å². The second kappa shape index (κ2) is 4.02.